The quantitative estimate of drug-likeness (QED) is 0.637. The van der Waals surface area contributed by atoms with Crippen molar-refractivity contribution in [3.05, 3.63) is 0 Å². The second-order valence-corrected chi connectivity index (χ2v) is 8.48. The normalized spacial score (nSPS) is 11.8. The Labute approximate surface area is 82.2 Å². The van der Waals surface area contributed by atoms with Crippen LogP contribution in [0.25, 0.3) is 0 Å². The van der Waals surface area contributed by atoms with Gasteiger partial charge in [-0.15, -0.1) is 0 Å². The zero-order valence-corrected chi connectivity index (χ0v) is 10.4. The molecule has 0 aromatic heterocycles. The van der Waals surface area contributed by atoms with Gasteiger partial charge < -0.3 is 4.43 Å². The summed E-state index contributed by atoms with van der Waals surface area (Å²) in [6.45, 7) is 12.4. The summed E-state index contributed by atoms with van der Waals surface area (Å²) in [6, 6.07) is 0. The Kier molecular flexibility index (Phi) is 5.25. The average molecular weight is 203 g/mol. The van der Waals surface area contributed by atoms with E-state index in [0.29, 0.717) is 6.54 Å². The van der Waals surface area contributed by atoms with Gasteiger partial charge in [-0.1, -0.05) is 13.8 Å². The van der Waals surface area contributed by atoms with Crippen LogP contribution in [0.15, 0.2) is 0 Å². The highest BCUT2D eigenvalue weighted by Gasteiger charge is 2.20. The molecular formula is C9H21NO2Si. The molecule has 13 heavy (non-hydrogen) atoms. The molecule has 0 aliphatic heterocycles. The van der Waals surface area contributed by atoms with Gasteiger partial charge in [-0.3, -0.25) is 9.69 Å². The van der Waals surface area contributed by atoms with Crippen LogP contribution in [0.4, 0.5) is 0 Å². The summed E-state index contributed by atoms with van der Waals surface area (Å²) < 4.78 is 5.33. The van der Waals surface area contributed by atoms with E-state index in [4.69, 9.17) is 4.43 Å². The summed E-state index contributed by atoms with van der Waals surface area (Å²) >= 11 is 0. The molecule has 4 heteroatoms. The van der Waals surface area contributed by atoms with E-state index in [1.165, 1.54) is 0 Å². The van der Waals surface area contributed by atoms with Gasteiger partial charge in [0, 0.05) is 0 Å². The number of carbonyl (C=O) groups is 1. The highest BCUT2D eigenvalue weighted by atomic mass is 28.4. The molecule has 0 saturated heterocycles. The van der Waals surface area contributed by atoms with Gasteiger partial charge in [0.1, 0.15) is 0 Å². The Balaban J connectivity index is 3.86. The molecule has 0 aliphatic carbocycles. The van der Waals surface area contributed by atoms with Crippen molar-refractivity contribution in [1.82, 2.24) is 4.90 Å². The van der Waals surface area contributed by atoms with Crippen molar-refractivity contribution < 1.29 is 9.22 Å². The van der Waals surface area contributed by atoms with Crippen LogP contribution in [-0.4, -0.2) is 38.8 Å². The van der Waals surface area contributed by atoms with Gasteiger partial charge >= 0.3 is 5.97 Å². The molecule has 0 unspecified atom stereocenters. The molecule has 0 amide bonds. The van der Waals surface area contributed by atoms with Crippen LogP contribution in [0, 0.1) is 0 Å². The summed E-state index contributed by atoms with van der Waals surface area (Å²) in [4.78, 5) is 13.4. The fraction of sp³-hybridized carbons (Fsp3) is 0.889. The predicted molar refractivity (Wildman–Crippen MR) is 57.2 cm³/mol. The number of carbonyl (C=O) groups excluding carboxylic acids is 1. The zero-order chi connectivity index (χ0) is 10.5. The molecule has 0 fully saturated rings. The van der Waals surface area contributed by atoms with Gasteiger partial charge in [0.05, 0.1) is 6.54 Å². The molecule has 0 saturated carbocycles. The zero-order valence-electron chi connectivity index (χ0n) is 9.39. The van der Waals surface area contributed by atoms with E-state index in [1.54, 1.807) is 0 Å². The molecule has 3 nitrogen and oxygen atoms in total. The van der Waals surface area contributed by atoms with Crippen LogP contribution >= 0.6 is 0 Å². The number of likely N-dealkylation sites (N-methyl/N-ethyl adjacent to an activating group) is 1. The van der Waals surface area contributed by atoms with Gasteiger partial charge in [-0.05, 0) is 32.7 Å². The summed E-state index contributed by atoms with van der Waals surface area (Å²) in [5.41, 5.74) is 0. The van der Waals surface area contributed by atoms with Crippen molar-refractivity contribution >= 4 is 14.3 Å². The Hall–Kier alpha value is -0.353. The standard InChI is InChI=1S/C9H21NO2Si/c1-6-10(7-2)8-9(11)12-13(3,4)5/h6-8H2,1-5H3. The lowest BCUT2D eigenvalue weighted by molar-refractivity contribution is -0.136. The summed E-state index contributed by atoms with van der Waals surface area (Å²) in [7, 11) is -1.69. The van der Waals surface area contributed by atoms with Gasteiger partial charge in [0.25, 0.3) is 0 Å². The van der Waals surface area contributed by atoms with Crippen molar-refractivity contribution in [2.75, 3.05) is 19.6 Å². The van der Waals surface area contributed by atoms with Gasteiger partial charge in [0.15, 0.2) is 0 Å². The Morgan fingerprint density at radius 1 is 1.23 bits per heavy atom. The molecule has 0 radical (unpaired) electrons. The molecule has 0 aromatic rings. The molecule has 0 N–H and O–H groups in total. The summed E-state index contributed by atoms with van der Waals surface area (Å²) in [5.74, 6) is -0.0807. The van der Waals surface area contributed by atoms with Crippen LogP contribution < -0.4 is 0 Å². The van der Waals surface area contributed by atoms with E-state index >= 15 is 0 Å². The minimum Gasteiger partial charge on any atom is -0.519 e. The Morgan fingerprint density at radius 2 is 1.69 bits per heavy atom. The third-order valence-electron chi connectivity index (χ3n) is 1.67. The SMILES string of the molecule is CCN(CC)CC(=O)O[Si](C)(C)C. The van der Waals surface area contributed by atoms with Crippen molar-refractivity contribution in [3.63, 3.8) is 0 Å². The third kappa shape index (κ3) is 6.78. The van der Waals surface area contributed by atoms with Crippen LogP contribution in [0.3, 0.4) is 0 Å². The number of hydrogen-bond acceptors (Lipinski definition) is 3. The van der Waals surface area contributed by atoms with Crippen LogP contribution in [0.2, 0.25) is 19.6 Å². The summed E-state index contributed by atoms with van der Waals surface area (Å²) in [5, 5.41) is 0. The topological polar surface area (TPSA) is 29.5 Å². The van der Waals surface area contributed by atoms with Crippen LogP contribution in [0.1, 0.15) is 13.8 Å². The second kappa shape index (κ2) is 5.39. The monoisotopic (exact) mass is 203 g/mol. The first-order valence-corrected chi connectivity index (χ1v) is 8.24. The predicted octanol–water partition coefficient (Wildman–Crippen LogP) is 1.71. The third-order valence-corrected chi connectivity index (χ3v) is 2.51. The minimum atomic E-state index is -1.69. The van der Waals surface area contributed by atoms with Crippen molar-refractivity contribution in [2.24, 2.45) is 0 Å². The number of nitrogens with zero attached hydrogens (tertiary/aromatic N) is 1. The fourth-order valence-electron chi connectivity index (χ4n) is 1.00. The average Bonchev–Trinajstić information content (AvgIpc) is 1.96. The number of hydrogen-bond donors (Lipinski definition) is 0. The first kappa shape index (κ1) is 12.6. The Bertz CT molecular complexity index is 161. The highest BCUT2D eigenvalue weighted by molar-refractivity contribution is 6.71. The second-order valence-electron chi connectivity index (χ2n) is 4.05. The van der Waals surface area contributed by atoms with Gasteiger partial charge in [0.2, 0.25) is 8.32 Å². The maximum absolute atomic E-state index is 11.4. The molecular weight excluding hydrogens is 182 g/mol. The largest absolute Gasteiger partial charge is 0.519 e. The molecule has 78 valence electrons. The summed E-state index contributed by atoms with van der Waals surface area (Å²) in [6.07, 6.45) is 0. The molecule has 0 atom stereocenters. The van der Waals surface area contributed by atoms with Gasteiger partial charge in [-0.25, -0.2) is 0 Å². The smallest absolute Gasteiger partial charge is 0.306 e. The van der Waals surface area contributed by atoms with E-state index in [9.17, 15) is 4.79 Å². The number of rotatable bonds is 5. The van der Waals surface area contributed by atoms with Crippen molar-refractivity contribution in [2.45, 2.75) is 33.5 Å². The van der Waals surface area contributed by atoms with E-state index in [1.807, 2.05) is 33.5 Å². The maximum atomic E-state index is 11.4. The van der Waals surface area contributed by atoms with E-state index < -0.39 is 8.32 Å². The fourth-order valence-corrected chi connectivity index (χ4v) is 1.75. The van der Waals surface area contributed by atoms with E-state index in [2.05, 4.69) is 4.90 Å². The molecule has 0 bridgehead atoms. The maximum Gasteiger partial charge on any atom is 0.306 e. The molecule has 0 rings (SSSR count). The van der Waals surface area contributed by atoms with Crippen molar-refractivity contribution in [3.8, 4) is 0 Å². The van der Waals surface area contributed by atoms with Gasteiger partial charge in [-0.2, -0.15) is 0 Å². The first-order chi connectivity index (χ1) is 5.89. The molecule has 0 heterocycles. The molecule has 0 aromatic carbocycles. The lowest BCUT2D eigenvalue weighted by atomic mass is 10.5. The lowest BCUT2D eigenvalue weighted by Gasteiger charge is -2.21. The van der Waals surface area contributed by atoms with E-state index in [-0.39, 0.29) is 5.97 Å². The van der Waals surface area contributed by atoms with E-state index in [0.717, 1.165) is 13.1 Å². The van der Waals surface area contributed by atoms with Crippen molar-refractivity contribution in [1.29, 1.82) is 0 Å². The first-order valence-electron chi connectivity index (χ1n) is 4.83. The molecule has 0 aliphatic rings. The highest BCUT2D eigenvalue weighted by Crippen LogP contribution is 2.03. The van der Waals surface area contributed by atoms with Crippen LogP contribution in [0.5, 0.6) is 0 Å². The minimum absolute atomic E-state index is 0.0807. The lowest BCUT2D eigenvalue weighted by Crippen LogP contribution is -2.36. The molecule has 0 spiro atoms. The Morgan fingerprint density at radius 3 is 2.00 bits per heavy atom. The van der Waals surface area contributed by atoms with Crippen LogP contribution in [-0.2, 0) is 9.22 Å².